The van der Waals surface area contributed by atoms with Crippen LogP contribution in [0.5, 0.6) is 0 Å². The van der Waals surface area contributed by atoms with Crippen LogP contribution in [0, 0.1) is 5.92 Å². The van der Waals surface area contributed by atoms with Crippen LogP contribution in [-0.4, -0.2) is 40.0 Å². The second-order valence-electron chi connectivity index (χ2n) is 6.04. The Morgan fingerprint density at radius 3 is 2.28 bits per heavy atom. The lowest BCUT2D eigenvalue weighted by Crippen LogP contribution is -2.54. The van der Waals surface area contributed by atoms with E-state index < -0.39 is 11.5 Å². The van der Waals surface area contributed by atoms with Gasteiger partial charge in [0.15, 0.2) is 0 Å². The summed E-state index contributed by atoms with van der Waals surface area (Å²) >= 11 is 0. The Morgan fingerprint density at radius 2 is 1.83 bits per heavy atom. The minimum Gasteiger partial charge on any atom is -0.480 e. The average molecular weight is 256 g/mol. The first-order valence-electron chi connectivity index (χ1n) is 6.52. The largest absolute Gasteiger partial charge is 0.480 e. The maximum atomic E-state index is 12.5. The van der Waals surface area contributed by atoms with Gasteiger partial charge < -0.3 is 15.7 Å². The maximum absolute atomic E-state index is 12.5. The topological polar surface area (TPSA) is 83.6 Å². The molecule has 2 unspecified atom stereocenters. The van der Waals surface area contributed by atoms with E-state index in [-0.39, 0.29) is 24.4 Å². The van der Waals surface area contributed by atoms with Crippen LogP contribution in [0.1, 0.15) is 46.5 Å². The molecular formula is C13H24N2O3. The third kappa shape index (κ3) is 3.70. The van der Waals surface area contributed by atoms with Gasteiger partial charge in [0.2, 0.25) is 5.91 Å². The zero-order valence-electron chi connectivity index (χ0n) is 11.5. The summed E-state index contributed by atoms with van der Waals surface area (Å²) in [5.41, 5.74) is 5.50. The molecule has 0 bridgehead atoms. The number of hydrogen-bond donors (Lipinski definition) is 2. The predicted octanol–water partition coefficient (Wildman–Crippen LogP) is 1.22. The maximum Gasteiger partial charge on any atom is 0.323 e. The number of hydrogen-bond acceptors (Lipinski definition) is 3. The Labute approximate surface area is 108 Å². The van der Waals surface area contributed by atoms with Crippen molar-refractivity contribution in [2.45, 2.75) is 58.0 Å². The third-order valence-corrected chi connectivity index (χ3v) is 3.51. The number of carboxylic acid groups (broad SMARTS) is 1. The van der Waals surface area contributed by atoms with Gasteiger partial charge in [0.1, 0.15) is 6.54 Å². The molecule has 5 heteroatoms. The highest BCUT2D eigenvalue weighted by Gasteiger charge is 2.36. The molecule has 1 aliphatic rings. The monoisotopic (exact) mass is 256 g/mol. The molecule has 2 atom stereocenters. The molecule has 0 aliphatic heterocycles. The summed E-state index contributed by atoms with van der Waals surface area (Å²) in [5, 5.41) is 8.94. The van der Waals surface area contributed by atoms with Crippen LogP contribution in [0.15, 0.2) is 0 Å². The highest BCUT2D eigenvalue weighted by molar-refractivity contribution is 5.84. The van der Waals surface area contributed by atoms with E-state index in [4.69, 9.17) is 10.8 Å². The molecule has 0 heterocycles. The normalized spacial score (nSPS) is 24.7. The zero-order valence-corrected chi connectivity index (χ0v) is 11.5. The van der Waals surface area contributed by atoms with Crippen molar-refractivity contribution < 1.29 is 14.7 Å². The number of aliphatic carboxylic acids is 1. The number of carbonyl (C=O) groups excluding carboxylic acids is 1. The molecule has 1 aliphatic carbocycles. The van der Waals surface area contributed by atoms with Gasteiger partial charge in [0.25, 0.3) is 0 Å². The van der Waals surface area contributed by atoms with Crippen molar-refractivity contribution in [3.63, 3.8) is 0 Å². The minimum absolute atomic E-state index is 0.114. The fraction of sp³-hybridized carbons (Fsp3) is 0.846. The number of rotatable bonds is 3. The van der Waals surface area contributed by atoms with Crippen LogP contribution in [-0.2, 0) is 9.59 Å². The van der Waals surface area contributed by atoms with Crippen LogP contribution < -0.4 is 5.73 Å². The molecule has 3 N–H and O–H groups in total. The minimum atomic E-state index is -0.984. The number of carbonyl (C=O) groups is 2. The fourth-order valence-electron chi connectivity index (χ4n) is 2.45. The van der Waals surface area contributed by atoms with Gasteiger partial charge in [-0.05, 0) is 33.6 Å². The molecule has 104 valence electrons. The van der Waals surface area contributed by atoms with Crippen LogP contribution in [0.4, 0.5) is 0 Å². The SMILES string of the molecule is CC(C)(C)N(CC(=O)O)C(=O)C1CCCCC1N. The Morgan fingerprint density at radius 1 is 1.28 bits per heavy atom. The first-order chi connectivity index (χ1) is 8.23. The van der Waals surface area contributed by atoms with Crippen molar-refractivity contribution in [3.05, 3.63) is 0 Å². The molecule has 1 saturated carbocycles. The third-order valence-electron chi connectivity index (χ3n) is 3.51. The standard InChI is InChI=1S/C13H24N2O3/c1-13(2,3)15(8-11(16)17)12(18)9-6-4-5-7-10(9)14/h9-10H,4-8,14H2,1-3H3,(H,16,17). The van der Waals surface area contributed by atoms with Crippen molar-refractivity contribution in [2.24, 2.45) is 11.7 Å². The molecule has 1 amide bonds. The number of nitrogens with two attached hydrogens (primary N) is 1. The van der Waals surface area contributed by atoms with Crippen LogP contribution >= 0.6 is 0 Å². The Bertz CT molecular complexity index is 323. The second-order valence-corrected chi connectivity index (χ2v) is 6.04. The summed E-state index contributed by atoms with van der Waals surface area (Å²) in [4.78, 5) is 24.8. The smallest absolute Gasteiger partial charge is 0.323 e. The molecule has 0 aromatic carbocycles. The van der Waals surface area contributed by atoms with E-state index in [2.05, 4.69) is 0 Å². The van der Waals surface area contributed by atoms with E-state index in [9.17, 15) is 9.59 Å². The predicted molar refractivity (Wildman–Crippen MR) is 69.0 cm³/mol. The van der Waals surface area contributed by atoms with E-state index in [1.54, 1.807) is 0 Å². The summed E-state index contributed by atoms with van der Waals surface area (Å²) in [6, 6.07) is -0.134. The highest BCUT2D eigenvalue weighted by Crippen LogP contribution is 2.27. The number of nitrogens with zero attached hydrogens (tertiary/aromatic N) is 1. The van der Waals surface area contributed by atoms with E-state index in [1.165, 1.54) is 4.90 Å². The fourth-order valence-corrected chi connectivity index (χ4v) is 2.45. The lowest BCUT2D eigenvalue weighted by atomic mass is 9.83. The molecule has 0 spiro atoms. The first-order valence-corrected chi connectivity index (χ1v) is 6.52. The summed E-state index contributed by atoms with van der Waals surface area (Å²) < 4.78 is 0. The molecule has 18 heavy (non-hydrogen) atoms. The van der Waals surface area contributed by atoms with Crippen molar-refractivity contribution in [3.8, 4) is 0 Å². The van der Waals surface area contributed by atoms with Crippen LogP contribution in [0.2, 0.25) is 0 Å². The van der Waals surface area contributed by atoms with Crippen molar-refractivity contribution >= 4 is 11.9 Å². The van der Waals surface area contributed by atoms with E-state index in [1.807, 2.05) is 20.8 Å². The van der Waals surface area contributed by atoms with Gasteiger partial charge in [-0.25, -0.2) is 0 Å². The van der Waals surface area contributed by atoms with Crippen LogP contribution in [0.3, 0.4) is 0 Å². The lowest BCUT2D eigenvalue weighted by molar-refractivity contribution is -0.151. The van der Waals surface area contributed by atoms with Gasteiger partial charge in [-0.3, -0.25) is 9.59 Å². The molecule has 0 saturated heterocycles. The summed E-state index contributed by atoms with van der Waals surface area (Å²) in [6.07, 6.45) is 3.67. The average Bonchev–Trinajstić information content (AvgIpc) is 2.24. The summed E-state index contributed by atoms with van der Waals surface area (Å²) in [6.45, 7) is 5.29. The molecule has 0 radical (unpaired) electrons. The van der Waals surface area contributed by atoms with E-state index >= 15 is 0 Å². The molecular weight excluding hydrogens is 232 g/mol. The molecule has 0 aromatic heterocycles. The Kier molecular flexibility index (Phi) is 4.73. The highest BCUT2D eigenvalue weighted by atomic mass is 16.4. The molecule has 1 fully saturated rings. The van der Waals surface area contributed by atoms with Gasteiger partial charge in [-0.15, -0.1) is 0 Å². The molecule has 5 nitrogen and oxygen atoms in total. The van der Waals surface area contributed by atoms with E-state index in [0.717, 1.165) is 25.7 Å². The number of amides is 1. The Balaban J connectivity index is 2.84. The number of carboxylic acids is 1. The lowest BCUT2D eigenvalue weighted by Gasteiger charge is -2.39. The molecule has 0 aromatic rings. The Hall–Kier alpha value is -1.10. The van der Waals surface area contributed by atoms with Gasteiger partial charge in [-0.2, -0.15) is 0 Å². The zero-order chi connectivity index (χ0) is 13.9. The van der Waals surface area contributed by atoms with Crippen molar-refractivity contribution in [1.82, 2.24) is 4.90 Å². The van der Waals surface area contributed by atoms with Crippen molar-refractivity contribution in [1.29, 1.82) is 0 Å². The summed E-state index contributed by atoms with van der Waals surface area (Å²) in [7, 11) is 0. The molecule has 1 rings (SSSR count). The van der Waals surface area contributed by atoms with Gasteiger partial charge in [-0.1, -0.05) is 12.8 Å². The van der Waals surface area contributed by atoms with Gasteiger partial charge in [0.05, 0.1) is 5.92 Å². The second kappa shape index (κ2) is 5.69. The quantitative estimate of drug-likeness (QED) is 0.795. The first kappa shape index (κ1) is 15.0. The van der Waals surface area contributed by atoms with Gasteiger partial charge in [0, 0.05) is 11.6 Å². The van der Waals surface area contributed by atoms with E-state index in [0.29, 0.717) is 0 Å². The van der Waals surface area contributed by atoms with Crippen LogP contribution in [0.25, 0.3) is 0 Å². The van der Waals surface area contributed by atoms with Gasteiger partial charge >= 0.3 is 5.97 Å². The summed E-state index contributed by atoms with van der Waals surface area (Å²) in [5.74, 6) is -1.32. The van der Waals surface area contributed by atoms with Crippen molar-refractivity contribution in [2.75, 3.05) is 6.54 Å².